The molecule has 9 rings (SSSR count). The van der Waals surface area contributed by atoms with Gasteiger partial charge in [-0.2, -0.15) is 10.5 Å². The molecule has 0 N–H and O–H groups in total. The van der Waals surface area contributed by atoms with Crippen molar-refractivity contribution in [3.63, 3.8) is 0 Å². The lowest BCUT2D eigenvalue weighted by atomic mass is 9.97. The maximum absolute atomic E-state index is 10.3. The van der Waals surface area contributed by atoms with E-state index in [4.69, 9.17) is 0 Å². The van der Waals surface area contributed by atoms with Crippen molar-refractivity contribution in [1.82, 2.24) is 9.13 Å². The molecule has 0 saturated heterocycles. The molecule has 4 heteroatoms. The fourth-order valence-electron chi connectivity index (χ4n) is 7.23. The molecular formula is C44H26N4. The Morgan fingerprint density at radius 1 is 0.396 bits per heavy atom. The van der Waals surface area contributed by atoms with Gasteiger partial charge in [-0.3, -0.25) is 0 Å². The fraction of sp³-hybridized carbons (Fsp3) is 0. The van der Waals surface area contributed by atoms with Gasteiger partial charge in [0.25, 0.3) is 0 Å². The molecule has 4 nitrogen and oxygen atoms in total. The lowest BCUT2D eigenvalue weighted by Crippen LogP contribution is -2.01. The summed E-state index contributed by atoms with van der Waals surface area (Å²) in [6.45, 7) is 0. The van der Waals surface area contributed by atoms with E-state index in [-0.39, 0.29) is 0 Å². The number of nitriles is 2. The maximum atomic E-state index is 10.3. The number of aromatic nitrogens is 2. The molecule has 0 atom stereocenters. The van der Waals surface area contributed by atoms with Gasteiger partial charge < -0.3 is 9.13 Å². The van der Waals surface area contributed by atoms with E-state index in [0.29, 0.717) is 11.1 Å². The molecule has 0 bridgehead atoms. The lowest BCUT2D eigenvalue weighted by Gasteiger charge is -2.16. The summed E-state index contributed by atoms with van der Waals surface area (Å²) in [5.41, 5.74) is 11.6. The van der Waals surface area contributed by atoms with Crippen LogP contribution >= 0.6 is 0 Å². The van der Waals surface area contributed by atoms with Crippen molar-refractivity contribution in [3.05, 3.63) is 169 Å². The summed E-state index contributed by atoms with van der Waals surface area (Å²) < 4.78 is 4.47. The first-order valence-electron chi connectivity index (χ1n) is 15.9. The van der Waals surface area contributed by atoms with Crippen molar-refractivity contribution in [2.24, 2.45) is 0 Å². The van der Waals surface area contributed by atoms with Crippen LogP contribution in [0, 0.1) is 22.7 Å². The van der Waals surface area contributed by atoms with Gasteiger partial charge in [0.15, 0.2) is 0 Å². The van der Waals surface area contributed by atoms with Crippen molar-refractivity contribution in [2.45, 2.75) is 0 Å². The number of hydrogen-bond acceptors (Lipinski definition) is 2. The minimum absolute atomic E-state index is 0.572. The van der Waals surface area contributed by atoms with Crippen LogP contribution in [0.25, 0.3) is 77.2 Å². The zero-order valence-corrected chi connectivity index (χ0v) is 25.8. The Balaban J connectivity index is 1.14. The summed E-state index contributed by atoms with van der Waals surface area (Å²) in [5, 5.41) is 24.7. The van der Waals surface area contributed by atoms with Gasteiger partial charge in [-0.15, -0.1) is 0 Å². The highest BCUT2D eigenvalue weighted by Gasteiger charge is 2.19. The summed E-state index contributed by atoms with van der Waals surface area (Å²) in [4.78, 5) is 0. The van der Waals surface area contributed by atoms with Gasteiger partial charge in [0, 0.05) is 32.8 Å². The Bertz CT molecular complexity index is 2730. The van der Waals surface area contributed by atoms with Gasteiger partial charge in [-0.25, -0.2) is 0 Å². The van der Waals surface area contributed by atoms with Crippen molar-refractivity contribution in [3.8, 4) is 45.8 Å². The molecule has 0 saturated carbocycles. The van der Waals surface area contributed by atoms with Crippen molar-refractivity contribution in [1.29, 1.82) is 10.5 Å². The van der Waals surface area contributed by atoms with Crippen LogP contribution in [0.4, 0.5) is 0 Å². The highest BCUT2D eigenvalue weighted by Crippen LogP contribution is 2.39. The number of benzene rings is 7. The zero-order chi connectivity index (χ0) is 32.2. The van der Waals surface area contributed by atoms with Crippen LogP contribution in [0.5, 0.6) is 0 Å². The Hall–Kier alpha value is -6.88. The Labute approximate surface area is 277 Å². The highest BCUT2D eigenvalue weighted by atomic mass is 15.0. The van der Waals surface area contributed by atoms with Crippen LogP contribution in [-0.2, 0) is 0 Å². The first-order chi connectivity index (χ1) is 23.7. The van der Waals surface area contributed by atoms with Gasteiger partial charge in [-0.05, 0) is 65.2 Å². The fourth-order valence-corrected chi connectivity index (χ4v) is 7.23. The quantitative estimate of drug-likeness (QED) is 0.199. The molecule has 9 aromatic rings. The van der Waals surface area contributed by atoms with Crippen LogP contribution in [-0.4, -0.2) is 9.13 Å². The van der Waals surface area contributed by atoms with E-state index in [9.17, 15) is 10.5 Å². The second-order valence-corrected chi connectivity index (χ2v) is 12.0. The second-order valence-electron chi connectivity index (χ2n) is 12.0. The number of para-hydroxylation sites is 4. The van der Waals surface area contributed by atoms with Gasteiger partial charge >= 0.3 is 0 Å². The van der Waals surface area contributed by atoms with Crippen LogP contribution in [0.1, 0.15) is 11.1 Å². The SMILES string of the molecule is N#Cc1ccc2c3ccccc3n(-c3c(C#N)cccc3-c3ccc(-c4ccc(-n5c6ccccc6c6ccccc65)cc4)cc3)c2c1. The van der Waals surface area contributed by atoms with Gasteiger partial charge in [0.05, 0.1) is 45.0 Å². The summed E-state index contributed by atoms with van der Waals surface area (Å²) in [6, 6.07) is 59.0. The first kappa shape index (κ1) is 27.4. The van der Waals surface area contributed by atoms with Gasteiger partial charge in [0.1, 0.15) is 6.07 Å². The molecule has 222 valence electrons. The van der Waals surface area contributed by atoms with E-state index < -0.39 is 0 Å². The van der Waals surface area contributed by atoms with Crippen LogP contribution in [0.2, 0.25) is 0 Å². The average molecular weight is 611 g/mol. The molecule has 0 aliphatic rings. The number of fused-ring (bicyclic) bond motifs is 6. The highest BCUT2D eigenvalue weighted by molar-refractivity contribution is 6.11. The van der Waals surface area contributed by atoms with E-state index in [1.165, 1.54) is 21.8 Å². The topological polar surface area (TPSA) is 57.4 Å². The monoisotopic (exact) mass is 610 g/mol. The molecule has 0 amide bonds. The van der Waals surface area contributed by atoms with Crippen LogP contribution in [0.15, 0.2) is 158 Å². The molecule has 0 spiro atoms. The Kier molecular flexibility index (Phi) is 6.22. The molecule has 0 unspecified atom stereocenters. The molecule has 0 radical (unpaired) electrons. The minimum Gasteiger partial charge on any atom is -0.309 e. The third-order valence-corrected chi connectivity index (χ3v) is 9.42. The summed E-state index contributed by atoms with van der Waals surface area (Å²) >= 11 is 0. The molecule has 48 heavy (non-hydrogen) atoms. The number of hydrogen-bond donors (Lipinski definition) is 0. The van der Waals surface area contributed by atoms with E-state index >= 15 is 0 Å². The summed E-state index contributed by atoms with van der Waals surface area (Å²) in [6.07, 6.45) is 0. The first-order valence-corrected chi connectivity index (χ1v) is 15.9. The molecule has 7 aromatic carbocycles. The third kappa shape index (κ3) is 4.14. The minimum atomic E-state index is 0.572. The molecule has 2 heterocycles. The smallest absolute Gasteiger partial charge is 0.101 e. The average Bonchev–Trinajstić information content (AvgIpc) is 3.67. The van der Waals surface area contributed by atoms with Crippen molar-refractivity contribution in [2.75, 3.05) is 0 Å². The molecule has 2 aromatic heterocycles. The van der Waals surface area contributed by atoms with Crippen molar-refractivity contribution >= 4 is 43.6 Å². The van der Waals surface area contributed by atoms with E-state index in [1.807, 2.05) is 42.5 Å². The summed E-state index contributed by atoms with van der Waals surface area (Å²) in [7, 11) is 0. The van der Waals surface area contributed by atoms with E-state index in [1.54, 1.807) is 0 Å². The Morgan fingerprint density at radius 2 is 0.917 bits per heavy atom. The Morgan fingerprint density at radius 3 is 1.50 bits per heavy atom. The standard InChI is InChI=1S/C44H26N4/c45-27-29-16-25-39-38-11-3-6-15-42(38)48(43(39)26-29)44-33(28-46)8-7-12-35(44)32-19-17-30(18-20-32)31-21-23-34(24-22-31)47-40-13-4-1-9-36(40)37-10-2-5-14-41(37)47/h1-26H. The molecule has 0 aliphatic carbocycles. The van der Waals surface area contributed by atoms with E-state index in [0.717, 1.165) is 55.4 Å². The third-order valence-electron chi connectivity index (χ3n) is 9.42. The molecule has 0 fully saturated rings. The normalized spacial score (nSPS) is 11.3. The lowest BCUT2D eigenvalue weighted by molar-refractivity contribution is 1.17. The number of rotatable bonds is 4. The number of nitrogens with zero attached hydrogens (tertiary/aromatic N) is 4. The molecule has 0 aliphatic heterocycles. The largest absolute Gasteiger partial charge is 0.309 e. The predicted octanol–water partition coefficient (Wildman–Crippen LogP) is 11.0. The van der Waals surface area contributed by atoms with Gasteiger partial charge in [-0.1, -0.05) is 109 Å². The predicted molar refractivity (Wildman–Crippen MR) is 195 cm³/mol. The van der Waals surface area contributed by atoms with Crippen molar-refractivity contribution < 1.29 is 0 Å². The summed E-state index contributed by atoms with van der Waals surface area (Å²) in [5.74, 6) is 0. The zero-order valence-electron chi connectivity index (χ0n) is 25.8. The van der Waals surface area contributed by atoms with Gasteiger partial charge in [0.2, 0.25) is 0 Å². The molecular weight excluding hydrogens is 585 g/mol. The maximum Gasteiger partial charge on any atom is 0.101 e. The second kappa shape index (κ2) is 10.9. The van der Waals surface area contributed by atoms with Crippen LogP contribution in [0.3, 0.4) is 0 Å². The van der Waals surface area contributed by atoms with Crippen LogP contribution < -0.4 is 0 Å². The van der Waals surface area contributed by atoms with E-state index in [2.05, 4.69) is 137 Å².